The van der Waals surface area contributed by atoms with Crippen LogP contribution in [0.2, 0.25) is 0 Å². The van der Waals surface area contributed by atoms with Crippen molar-refractivity contribution < 1.29 is 9.53 Å². The number of anilines is 1. The van der Waals surface area contributed by atoms with Gasteiger partial charge in [-0.1, -0.05) is 0 Å². The smallest absolute Gasteiger partial charge is 0.263 e. The van der Waals surface area contributed by atoms with Crippen molar-refractivity contribution in [2.45, 2.75) is 32.9 Å². The molecule has 2 aromatic heterocycles. The Balaban J connectivity index is 1.82. The van der Waals surface area contributed by atoms with Crippen LogP contribution in [0.25, 0.3) is 11.0 Å². The Labute approximate surface area is 139 Å². The first-order valence-electron chi connectivity index (χ1n) is 8.08. The van der Waals surface area contributed by atoms with Crippen molar-refractivity contribution in [1.82, 2.24) is 24.6 Å². The molecule has 0 bridgehead atoms. The predicted octanol–water partition coefficient (Wildman–Crippen LogP) is 0.360. The van der Waals surface area contributed by atoms with Gasteiger partial charge in [-0.3, -0.25) is 14.6 Å². The molecule has 3 rings (SSSR count). The molecule has 2 N–H and O–H groups in total. The molecule has 1 saturated heterocycles. The first-order chi connectivity index (χ1) is 11.5. The van der Waals surface area contributed by atoms with E-state index in [2.05, 4.69) is 20.4 Å². The lowest BCUT2D eigenvalue weighted by atomic mass is 10.2. The molecule has 1 amide bonds. The molecule has 24 heavy (non-hydrogen) atoms. The second kappa shape index (κ2) is 6.60. The zero-order valence-corrected chi connectivity index (χ0v) is 14.1. The van der Waals surface area contributed by atoms with Crippen LogP contribution in [-0.4, -0.2) is 62.9 Å². The number of hydrogen-bond donors (Lipinski definition) is 2. The summed E-state index contributed by atoms with van der Waals surface area (Å²) < 4.78 is 6.94. The number of morpholine rings is 1. The summed E-state index contributed by atoms with van der Waals surface area (Å²) in [7, 11) is 0. The SMILES string of the molecule is CC(C)n1ncc2c(=O)[nH]c(N[C@H](C)C(=O)N3CCOCC3)nc21. The number of amides is 1. The maximum atomic E-state index is 12.4. The van der Waals surface area contributed by atoms with E-state index in [0.29, 0.717) is 37.3 Å². The molecule has 9 nitrogen and oxygen atoms in total. The first kappa shape index (κ1) is 16.4. The molecule has 0 saturated carbocycles. The van der Waals surface area contributed by atoms with Crippen molar-refractivity contribution in [3.8, 4) is 0 Å². The maximum absolute atomic E-state index is 12.4. The van der Waals surface area contributed by atoms with E-state index in [1.54, 1.807) is 16.5 Å². The van der Waals surface area contributed by atoms with Crippen molar-refractivity contribution in [2.24, 2.45) is 0 Å². The predicted molar refractivity (Wildman–Crippen MR) is 89.0 cm³/mol. The quantitative estimate of drug-likeness (QED) is 0.836. The van der Waals surface area contributed by atoms with Gasteiger partial charge in [0.25, 0.3) is 5.56 Å². The third kappa shape index (κ3) is 3.12. The summed E-state index contributed by atoms with van der Waals surface area (Å²) in [6.45, 7) is 7.93. The van der Waals surface area contributed by atoms with Crippen LogP contribution < -0.4 is 10.9 Å². The minimum Gasteiger partial charge on any atom is -0.378 e. The van der Waals surface area contributed by atoms with Crippen molar-refractivity contribution in [2.75, 3.05) is 31.6 Å². The summed E-state index contributed by atoms with van der Waals surface area (Å²) in [5.41, 5.74) is 0.225. The zero-order chi connectivity index (χ0) is 17.3. The molecule has 1 aliphatic rings. The summed E-state index contributed by atoms with van der Waals surface area (Å²) in [5.74, 6) is 0.224. The molecule has 0 aliphatic carbocycles. The van der Waals surface area contributed by atoms with E-state index in [1.807, 2.05) is 13.8 Å². The second-order valence-corrected chi connectivity index (χ2v) is 6.14. The number of aromatic amines is 1. The third-order valence-electron chi connectivity index (χ3n) is 4.00. The van der Waals surface area contributed by atoms with Gasteiger partial charge in [0.2, 0.25) is 11.9 Å². The monoisotopic (exact) mass is 334 g/mol. The highest BCUT2D eigenvalue weighted by Gasteiger charge is 2.23. The lowest BCUT2D eigenvalue weighted by molar-refractivity contribution is -0.135. The Hall–Kier alpha value is -2.42. The standard InChI is InChI=1S/C15H22N6O3/c1-9(2)21-12-11(8-16-21)13(22)19-15(18-12)17-10(3)14(23)20-4-6-24-7-5-20/h8-10H,4-7H2,1-3H3,(H2,17,18,19,22)/t10-/m1/s1. The lowest BCUT2D eigenvalue weighted by Crippen LogP contribution is -2.47. The van der Waals surface area contributed by atoms with Crippen LogP contribution in [0.15, 0.2) is 11.0 Å². The van der Waals surface area contributed by atoms with Gasteiger partial charge < -0.3 is 15.0 Å². The van der Waals surface area contributed by atoms with Crippen LogP contribution in [0.1, 0.15) is 26.8 Å². The number of H-pyrrole nitrogens is 1. The van der Waals surface area contributed by atoms with E-state index in [-0.39, 0.29) is 23.5 Å². The Morgan fingerprint density at radius 3 is 2.71 bits per heavy atom. The van der Waals surface area contributed by atoms with Gasteiger partial charge in [-0.25, -0.2) is 4.68 Å². The van der Waals surface area contributed by atoms with Gasteiger partial charge in [-0.05, 0) is 20.8 Å². The van der Waals surface area contributed by atoms with E-state index in [9.17, 15) is 9.59 Å². The highest BCUT2D eigenvalue weighted by Crippen LogP contribution is 2.14. The number of nitrogens with zero attached hydrogens (tertiary/aromatic N) is 4. The topological polar surface area (TPSA) is 105 Å². The van der Waals surface area contributed by atoms with Gasteiger partial charge in [-0.15, -0.1) is 0 Å². The van der Waals surface area contributed by atoms with Crippen LogP contribution in [0.3, 0.4) is 0 Å². The average Bonchev–Trinajstić information content (AvgIpc) is 2.99. The molecule has 0 radical (unpaired) electrons. The molecule has 130 valence electrons. The van der Waals surface area contributed by atoms with Gasteiger partial charge in [0.15, 0.2) is 5.65 Å². The highest BCUT2D eigenvalue weighted by atomic mass is 16.5. The second-order valence-electron chi connectivity index (χ2n) is 6.14. The van der Waals surface area contributed by atoms with Gasteiger partial charge in [-0.2, -0.15) is 10.1 Å². The number of hydrogen-bond acceptors (Lipinski definition) is 6. The van der Waals surface area contributed by atoms with Crippen LogP contribution >= 0.6 is 0 Å². The summed E-state index contributed by atoms with van der Waals surface area (Å²) >= 11 is 0. The fourth-order valence-corrected chi connectivity index (χ4v) is 2.71. The average molecular weight is 334 g/mol. The van der Waals surface area contributed by atoms with Gasteiger partial charge in [0, 0.05) is 19.1 Å². The molecule has 2 aromatic rings. The van der Waals surface area contributed by atoms with Crippen molar-refractivity contribution in [3.63, 3.8) is 0 Å². The van der Waals surface area contributed by atoms with E-state index < -0.39 is 6.04 Å². The maximum Gasteiger partial charge on any atom is 0.263 e. The van der Waals surface area contributed by atoms with E-state index >= 15 is 0 Å². The number of aromatic nitrogens is 4. The number of ether oxygens (including phenoxy) is 1. The minimum atomic E-state index is -0.501. The van der Waals surface area contributed by atoms with Crippen molar-refractivity contribution >= 4 is 22.9 Å². The minimum absolute atomic E-state index is 0.0431. The molecule has 0 unspecified atom stereocenters. The Morgan fingerprint density at radius 2 is 2.04 bits per heavy atom. The normalized spacial score (nSPS) is 16.6. The highest BCUT2D eigenvalue weighted by molar-refractivity contribution is 5.84. The summed E-state index contributed by atoms with van der Waals surface area (Å²) in [6, 6.07) is -0.420. The Morgan fingerprint density at radius 1 is 1.33 bits per heavy atom. The molecule has 0 spiro atoms. The zero-order valence-electron chi connectivity index (χ0n) is 14.1. The van der Waals surface area contributed by atoms with E-state index in [4.69, 9.17) is 4.74 Å². The molecule has 9 heteroatoms. The summed E-state index contributed by atoms with van der Waals surface area (Å²) in [5, 5.41) is 7.62. The fourth-order valence-electron chi connectivity index (χ4n) is 2.71. The van der Waals surface area contributed by atoms with Crippen LogP contribution in [-0.2, 0) is 9.53 Å². The number of carbonyl (C=O) groups excluding carboxylic acids is 1. The number of carbonyl (C=O) groups is 1. The number of rotatable bonds is 4. The Bertz CT molecular complexity index is 790. The van der Waals surface area contributed by atoms with E-state index in [0.717, 1.165) is 0 Å². The number of fused-ring (bicyclic) bond motifs is 1. The van der Waals surface area contributed by atoms with Crippen molar-refractivity contribution in [3.05, 3.63) is 16.6 Å². The Kier molecular flexibility index (Phi) is 4.52. The van der Waals surface area contributed by atoms with Gasteiger partial charge >= 0.3 is 0 Å². The molecule has 1 atom stereocenters. The van der Waals surface area contributed by atoms with E-state index in [1.165, 1.54) is 6.20 Å². The molecule has 1 aliphatic heterocycles. The van der Waals surface area contributed by atoms with Gasteiger partial charge in [0.05, 0.1) is 19.4 Å². The van der Waals surface area contributed by atoms with Gasteiger partial charge in [0.1, 0.15) is 11.4 Å². The lowest BCUT2D eigenvalue weighted by Gasteiger charge is -2.29. The largest absolute Gasteiger partial charge is 0.378 e. The van der Waals surface area contributed by atoms with Crippen LogP contribution in [0.5, 0.6) is 0 Å². The summed E-state index contributed by atoms with van der Waals surface area (Å²) in [6.07, 6.45) is 1.51. The van der Waals surface area contributed by atoms with Crippen molar-refractivity contribution in [1.29, 1.82) is 0 Å². The summed E-state index contributed by atoms with van der Waals surface area (Å²) in [4.78, 5) is 33.5. The van der Waals surface area contributed by atoms with Crippen LogP contribution in [0.4, 0.5) is 5.95 Å². The molecular weight excluding hydrogens is 312 g/mol. The first-order valence-corrected chi connectivity index (χ1v) is 8.08. The fraction of sp³-hybridized carbons (Fsp3) is 0.600. The molecule has 1 fully saturated rings. The molecule has 0 aromatic carbocycles. The molecular formula is C15H22N6O3. The number of nitrogens with one attached hydrogen (secondary N) is 2. The van der Waals surface area contributed by atoms with Crippen LogP contribution in [0, 0.1) is 0 Å². The molecule has 3 heterocycles. The third-order valence-corrected chi connectivity index (χ3v) is 4.00.